The maximum atomic E-state index is 12.4. The van der Waals surface area contributed by atoms with Crippen molar-refractivity contribution in [3.05, 3.63) is 29.8 Å². The standard InChI is InChI=1S/C23H38N2O4Si/c1-16-20(29-21(12-14-26)22(16)30(2,3)28)11-8-17-6-9-19(10-7-17)25-23(27)18-5-4-13-24-15-18/h6-7,9-10,16,18,20-22,24,26,28H,4-5,8,11-15H2,1-3H3,(H,25,27)/t16-,18?,20+,21-,22+/m1/s1. The molecule has 1 unspecified atom stereocenters. The highest BCUT2D eigenvalue weighted by Gasteiger charge is 2.49. The van der Waals surface area contributed by atoms with Crippen molar-refractivity contribution in [2.75, 3.05) is 25.0 Å². The maximum Gasteiger partial charge on any atom is 0.228 e. The summed E-state index contributed by atoms with van der Waals surface area (Å²) in [4.78, 5) is 23.1. The lowest BCUT2D eigenvalue weighted by Crippen LogP contribution is -2.40. The van der Waals surface area contributed by atoms with E-state index in [0.717, 1.165) is 44.5 Å². The molecule has 1 amide bonds. The van der Waals surface area contributed by atoms with E-state index >= 15 is 0 Å². The molecule has 0 saturated carbocycles. The Morgan fingerprint density at radius 1 is 1.23 bits per heavy atom. The summed E-state index contributed by atoms with van der Waals surface area (Å²) in [6.07, 6.45) is 4.42. The molecule has 0 radical (unpaired) electrons. The normalized spacial score (nSPS) is 29.7. The zero-order chi connectivity index (χ0) is 21.7. The third-order valence-electron chi connectivity index (χ3n) is 6.74. The predicted octanol–water partition coefficient (Wildman–Crippen LogP) is 2.91. The van der Waals surface area contributed by atoms with Crippen LogP contribution in [0.4, 0.5) is 5.69 Å². The van der Waals surface area contributed by atoms with E-state index in [1.165, 1.54) is 5.56 Å². The van der Waals surface area contributed by atoms with Crippen molar-refractivity contribution >= 4 is 19.9 Å². The number of rotatable bonds is 8. The van der Waals surface area contributed by atoms with Gasteiger partial charge in [0.1, 0.15) is 0 Å². The van der Waals surface area contributed by atoms with Crippen LogP contribution >= 0.6 is 0 Å². The van der Waals surface area contributed by atoms with Gasteiger partial charge in [0.05, 0.1) is 18.1 Å². The molecule has 7 heteroatoms. The Labute approximate surface area is 181 Å². The number of amides is 1. The number of carbonyl (C=O) groups is 1. The number of carbonyl (C=O) groups excluding carboxylic acids is 1. The molecule has 1 aromatic carbocycles. The zero-order valence-electron chi connectivity index (χ0n) is 18.6. The van der Waals surface area contributed by atoms with Gasteiger partial charge in [-0.1, -0.05) is 19.1 Å². The Balaban J connectivity index is 1.52. The molecule has 30 heavy (non-hydrogen) atoms. The van der Waals surface area contributed by atoms with Gasteiger partial charge in [-0.15, -0.1) is 0 Å². The lowest BCUT2D eigenvalue weighted by molar-refractivity contribution is -0.120. The summed E-state index contributed by atoms with van der Waals surface area (Å²) in [7, 11) is -2.36. The number of benzene rings is 1. The minimum atomic E-state index is -2.36. The van der Waals surface area contributed by atoms with Crippen molar-refractivity contribution in [2.24, 2.45) is 11.8 Å². The van der Waals surface area contributed by atoms with E-state index in [0.29, 0.717) is 6.42 Å². The fourth-order valence-corrected chi connectivity index (χ4v) is 7.85. The van der Waals surface area contributed by atoms with Crippen LogP contribution in [0.1, 0.15) is 38.2 Å². The van der Waals surface area contributed by atoms with Crippen molar-refractivity contribution in [1.82, 2.24) is 5.32 Å². The minimum Gasteiger partial charge on any atom is -0.432 e. The number of hydrogen-bond acceptors (Lipinski definition) is 5. The molecule has 2 fully saturated rings. The maximum absolute atomic E-state index is 12.4. The summed E-state index contributed by atoms with van der Waals surface area (Å²) in [6, 6.07) is 8.09. The second kappa shape index (κ2) is 10.4. The monoisotopic (exact) mass is 434 g/mol. The minimum absolute atomic E-state index is 0.0477. The highest BCUT2D eigenvalue weighted by Crippen LogP contribution is 2.45. The molecule has 0 aliphatic carbocycles. The molecule has 0 aromatic heterocycles. The molecule has 1 aromatic rings. The van der Waals surface area contributed by atoms with Gasteiger partial charge in [-0.05, 0) is 75.4 Å². The largest absolute Gasteiger partial charge is 0.432 e. The van der Waals surface area contributed by atoms with Crippen LogP contribution in [0, 0.1) is 11.8 Å². The van der Waals surface area contributed by atoms with Crippen LogP contribution in [0.15, 0.2) is 24.3 Å². The van der Waals surface area contributed by atoms with Crippen molar-refractivity contribution < 1.29 is 19.4 Å². The number of aliphatic hydroxyl groups is 1. The topological polar surface area (TPSA) is 90.8 Å². The Kier molecular flexibility index (Phi) is 8.09. The van der Waals surface area contributed by atoms with Crippen molar-refractivity contribution in [2.45, 2.75) is 69.9 Å². The summed E-state index contributed by atoms with van der Waals surface area (Å²) >= 11 is 0. The summed E-state index contributed by atoms with van der Waals surface area (Å²) in [5.74, 6) is 0.439. The molecule has 2 heterocycles. The van der Waals surface area contributed by atoms with E-state index in [2.05, 4.69) is 29.7 Å². The van der Waals surface area contributed by atoms with Crippen LogP contribution in [0.2, 0.25) is 18.6 Å². The molecule has 168 valence electrons. The van der Waals surface area contributed by atoms with E-state index in [1.807, 2.05) is 25.2 Å². The smallest absolute Gasteiger partial charge is 0.228 e. The average molecular weight is 435 g/mol. The van der Waals surface area contributed by atoms with Gasteiger partial charge in [-0.3, -0.25) is 4.79 Å². The Bertz CT molecular complexity index is 685. The molecule has 6 nitrogen and oxygen atoms in total. The van der Waals surface area contributed by atoms with E-state index in [4.69, 9.17) is 4.74 Å². The second-order valence-corrected chi connectivity index (χ2v) is 13.5. The highest BCUT2D eigenvalue weighted by atomic mass is 28.4. The van der Waals surface area contributed by atoms with E-state index in [1.54, 1.807) is 0 Å². The van der Waals surface area contributed by atoms with Crippen LogP contribution in [-0.4, -0.2) is 56.0 Å². The van der Waals surface area contributed by atoms with Gasteiger partial charge in [0.15, 0.2) is 8.32 Å². The quantitative estimate of drug-likeness (QED) is 0.472. The second-order valence-electron chi connectivity index (χ2n) is 9.53. The SMILES string of the molecule is C[C@H]1[C@H]([Si](C)(C)O)[C@@H](CCO)O[C@H]1CCc1ccc(NC(=O)C2CCCNC2)cc1. The third-order valence-corrected chi connectivity index (χ3v) is 9.27. The first-order valence-electron chi connectivity index (χ1n) is 11.4. The first-order valence-corrected chi connectivity index (χ1v) is 14.4. The molecular formula is C23H38N2O4Si. The molecule has 5 atom stereocenters. The van der Waals surface area contributed by atoms with Crippen LogP contribution in [0.3, 0.4) is 0 Å². The highest BCUT2D eigenvalue weighted by molar-refractivity contribution is 6.71. The molecule has 0 bridgehead atoms. The van der Waals surface area contributed by atoms with Crippen LogP contribution < -0.4 is 10.6 Å². The average Bonchev–Trinajstić information content (AvgIpc) is 3.03. The molecule has 0 spiro atoms. The molecular weight excluding hydrogens is 396 g/mol. The molecule has 2 aliphatic rings. The predicted molar refractivity (Wildman–Crippen MR) is 122 cm³/mol. The van der Waals surface area contributed by atoms with Gasteiger partial charge < -0.3 is 25.3 Å². The molecule has 2 saturated heterocycles. The lowest BCUT2D eigenvalue weighted by Gasteiger charge is -2.30. The summed E-state index contributed by atoms with van der Waals surface area (Å²) in [5, 5.41) is 15.7. The number of ether oxygens (including phenoxy) is 1. The number of aryl methyl sites for hydroxylation is 1. The Morgan fingerprint density at radius 2 is 1.97 bits per heavy atom. The van der Waals surface area contributed by atoms with Gasteiger partial charge in [0, 0.05) is 24.4 Å². The van der Waals surface area contributed by atoms with E-state index in [9.17, 15) is 14.7 Å². The zero-order valence-corrected chi connectivity index (χ0v) is 19.6. The molecule has 3 rings (SSSR count). The number of nitrogens with one attached hydrogen (secondary N) is 2. The fraction of sp³-hybridized carbons (Fsp3) is 0.696. The van der Waals surface area contributed by atoms with Gasteiger partial charge >= 0.3 is 0 Å². The summed E-state index contributed by atoms with van der Waals surface area (Å²) in [5.41, 5.74) is 2.21. The Hall–Kier alpha value is -1.25. The van der Waals surface area contributed by atoms with Gasteiger partial charge in [0.25, 0.3) is 0 Å². The Morgan fingerprint density at radius 3 is 2.57 bits per heavy atom. The molecule has 2 aliphatic heterocycles. The molecule has 4 N–H and O–H groups in total. The van der Waals surface area contributed by atoms with Crippen LogP contribution in [0.25, 0.3) is 0 Å². The van der Waals surface area contributed by atoms with Crippen molar-refractivity contribution in [3.63, 3.8) is 0 Å². The summed E-state index contributed by atoms with van der Waals surface area (Å²) in [6.45, 7) is 7.98. The first-order chi connectivity index (χ1) is 14.3. The van der Waals surface area contributed by atoms with E-state index in [-0.39, 0.29) is 42.1 Å². The first kappa shape index (κ1) is 23.4. The van der Waals surface area contributed by atoms with Gasteiger partial charge in [-0.2, -0.15) is 0 Å². The fourth-order valence-electron chi connectivity index (χ4n) is 5.19. The van der Waals surface area contributed by atoms with Gasteiger partial charge in [-0.25, -0.2) is 0 Å². The van der Waals surface area contributed by atoms with Crippen LogP contribution in [-0.2, 0) is 16.0 Å². The lowest BCUT2D eigenvalue weighted by atomic mass is 9.95. The summed E-state index contributed by atoms with van der Waals surface area (Å²) < 4.78 is 6.27. The van der Waals surface area contributed by atoms with E-state index < -0.39 is 8.32 Å². The van der Waals surface area contributed by atoms with Crippen molar-refractivity contribution in [1.29, 1.82) is 0 Å². The third kappa shape index (κ3) is 5.92. The van der Waals surface area contributed by atoms with Gasteiger partial charge in [0.2, 0.25) is 5.91 Å². The number of aliphatic hydroxyl groups excluding tert-OH is 1. The number of anilines is 1. The van der Waals surface area contributed by atoms with Crippen molar-refractivity contribution in [3.8, 4) is 0 Å². The van der Waals surface area contributed by atoms with Crippen LogP contribution in [0.5, 0.6) is 0 Å². The number of piperidine rings is 1. The number of hydrogen-bond donors (Lipinski definition) is 4.